The standard InChI is InChI=1S/C20H34N2O2/c1-6-21-19(24)16(12-18(23)22(7-2)8-3)17-11-15-9-10-20(17,13-15)14(4)5/h9-10,14-17H,6-8,11-13H2,1-5H3,(H,21,24). The Morgan fingerprint density at radius 1 is 1.25 bits per heavy atom. The lowest BCUT2D eigenvalue weighted by atomic mass is 9.64. The predicted molar refractivity (Wildman–Crippen MR) is 97.3 cm³/mol. The van der Waals surface area contributed by atoms with E-state index in [2.05, 4.69) is 31.3 Å². The summed E-state index contributed by atoms with van der Waals surface area (Å²) >= 11 is 0. The number of amides is 2. The van der Waals surface area contributed by atoms with Crippen LogP contribution < -0.4 is 5.32 Å². The molecule has 0 spiro atoms. The first-order valence-corrected chi connectivity index (χ1v) is 9.64. The van der Waals surface area contributed by atoms with Gasteiger partial charge in [0, 0.05) is 26.1 Å². The van der Waals surface area contributed by atoms with E-state index in [-0.39, 0.29) is 29.1 Å². The molecule has 2 rings (SSSR count). The minimum atomic E-state index is -0.213. The topological polar surface area (TPSA) is 49.4 Å². The zero-order valence-corrected chi connectivity index (χ0v) is 16.0. The summed E-state index contributed by atoms with van der Waals surface area (Å²) in [6.07, 6.45) is 7.21. The lowest BCUT2D eigenvalue weighted by molar-refractivity contribution is -0.138. The van der Waals surface area contributed by atoms with Crippen LogP contribution in [0.3, 0.4) is 0 Å². The number of carbonyl (C=O) groups is 2. The molecule has 4 heteroatoms. The molecule has 4 nitrogen and oxygen atoms in total. The van der Waals surface area contributed by atoms with Gasteiger partial charge in [0.2, 0.25) is 11.8 Å². The zero-order chi connectivity index (χ0) is 17.9. The van der Waals surface area contributed by atoms with Gasteiger partial charge in [-0.2, -0.15) is 0 Å². The third kappa shape index (κ3) is 3.38. The average Bonchev–Trinajstić information content (AvgIpc) is 3.13. The number of hydrogen-bond donors (Lipinski definition) is 1. The van der Waals surface area contributed by atoms with E-state index in [0.29, 0.717) is 37.9 Å². The first-order valence-electron chi connectivity index (χ1n) is 9.64. The molecule has 0 heterocycles. The maximum atomic E-state index is 12.8. The molecule has 2 aliphatic carbocycles. The number of rotatable bonds is 8. The van der Waals surface area contributed by atoms with Crippen LogP contribution in [0.4, 0.5) is 0 Å². The number of hydrogen-bond acceptors (Lipinski definition) is 2. The highest BCUT2D eigenvalue weighted by atomic mass is 16.2. The molecule has 2 bridgehead atoms. The molecule has 0 aliphatic heterocycles. The Hall–Kier alpha value is -1.32. The molecule has 0 aromatic rings. The van der Waals surface area contributed by atoms with Crippen LogP contribution in [-0.2, 0) is 9.59 Å². The summed E-state index contributed by atoms with van der Waals surface area (Å²) in [5.74, 6) is 1.31. The van der Waals surface area contributed by atoms with Crippen molar-refractivity contribution in [2.75, 3.05) is 19.6 Å². The molecule has 0 aromatic heterocycles. The maximum Gasteiger partial charge on any atom is 0.223 e. The second-order valence-corrected chi connectivity index (χ2v) is 7.70. The SMILES string of the molecule is CCNC(=O)C(CC(=O)N(CC)CC)C1CC2C=CC1(C(C)C)C2. The van der Waals surface area contributed by atoms with E-state index in [9.17, 15) is 9.59 Å². The molecule has 1 saturated carbocycles. The van der Waals surface area contributed by atoms with Gasteiger partial charge in [-0.05, 0) is 56.8 Å². The summed E-state index contributed by atoms with van der Waals surface area (Å²) in [7, 11) is 0. The minimum Gasteiger partial charge on any atom is -0.356 e. The van der Waals surface area contributed by atoms with E-state index in [0.717, 1.165) is 12.8 Å². The second kappa shape index (κ2) is 7.71. The average molecular weight is 335 g/mol. The Bertz CT molecular complexity index is 496. The van der Waals surface area contributed by atoms with Gasteiger partial charge in [-0.3, -0.25) is 9.59 Å². The van der Waals surface area contributed by atoms with Crippen LogP contribution in [0.15, 0.2) is 12.2 Å². The van der Waals surface area contributed by atoms with E-state index < -0.39 is 0 Å². The van der Waals surface area contributed by atoms with Gasteiger partial charge in [0.05, 0.1) is 5.92 Å². The highest BCUT2D eigenvalue weighted by molar-refractivity contribution is 5.86. The second-order valence-electron chi connectivity index (χ2n) is 7.70. The van der Waals surface area contributed by atoms with Crippen molar-refractivity contribution in [1.82, 2.24) is 10.2 Å². The molecule has 1 fully saturated rings. The Kier molecular flexibility index (Phi) is 6.11. The van der Waals surface area contributed by atoms with E-state index in [1.54, 1.807) is 0 Å². The lowest BCUT2D eigenvalue weighted by Gasteiger charge is -2.40. The highest BCUT2D eigenvalue weighted by Crippen LogP contribution is 2.60. The highest BCUT2D eigenvalue weighted by Gasteiger charge is 2.54. The van der Waals surface area contributed by atoms with Gasteiger partial charge in [0.1, 0.15) is 0 Å². The van der Waals surface area contributed by atoms with Crippen molar-refractivity contribution in [2.45, 2.75) is 53.9 Å². The Labute approximate surface area is 147 Å². The Morgan fingerprint density at radius 2 is 1.92 bits per heavy atom. The lowest BCUT2D eigenvalue weighted by Crippen LogP contribution is -2.44. The van der Waals surface area contributed by atoms with Crippen molar-refractivity contribution in [2.24, 2.45) is 29.1 Å². The van der Waals surface area contributed by atoms with E-state index in [4.69, 9.17) is 0 Å². The summed E-state index contributed by atoms with van der Waals surface area (Å²) in [6, 6.07) is 0. The van der Waals surface area contributed by atoms with Crippen molar-refractivity contribution in [3.63, 3.8) is 0 Å². The number of nitrogens with one attached hydrogen (secondary N) is 1. The van der Waals surface area contributed by atoms with Crippen molar-refractivity contribution >= 4 is 11.8 Å². The summed E-state index contributed by atoms with van der Waals surface area (Å²) in [6.45, 7) is 12.5. The molecule has 24 heavy (non-hydrogen) atoms. The van der Waals surface area contributed by atoms with Gasteiger partial charge in [0.15, 0.2) is 0 Å². The molecule has 2 aliphatic rings. The largest absolute Gasteiger partial charge is 0.356 e. The fraction of sp³-hybridized carbons (Fsp3) is 0.800. The van der Waals surface area contributed by atoms with Crippen LogP contribution in [0.1, 0.15) is 53.9 Å². The maximum absolute atomic E-state index is 12.8. The van der Waals surface area contributed by atoms with Gasteiger partial charge >= 0.3 is 0 Å². The van der Waals surface area contributed by atoms with Crippen molar-refractivity contribution in [1.29, 1.82) is 0 Å². The molecule has 1 N–H and O–H groups in total. The normalized spacial score (nSPS) is 29.1. The van der Waals surface area contributed by atoms with Gasteiger partial charge in [-0.1, -0.05) is 26.0 Å². The molecule has 4 atom stereocenters. The Morgan fingerprint density at radius 3 is 2.42 bits per heavy atom. The smallest absolute Gasteiger partial charge is 0.223 e. The van der Waals surface area contributed by atoms with Crippen molar-refractivity contribution in [3.8, 4) is 0 Å². The number of carbonyl (C=O) groups excluding carboxylic acids is 2. The monoisotopic (exact) mass is 334 g/mol. The van der Waals surface area contributed by atoms with Crippen LogP contribution in [0.2, 0.25) is 0 Å². The number of allylic oxidation sites excluding steroid dienone is 2. The third-order valence-electron chi connectivity index (χ3n) is 6.30. The number of nitrogens with zero attached hydrogens (tertiary/aromatic N) is 1. The molecule has 2 amide bonds. The molecule has 136 valence electrons. The summed E-state index contributed by atoms with van der Waals surface area (Å²) < 4.78 is 0. The van der Waals surface area contributed by atoms with Gasteiger partial charge < -0.3 is 10.2 Å². The molecule has 4 unspecified atom stereocenters. The summed E-state index contributed by atoms with van der Waals surface area (Å²) in [5, 5.41) is 2.98. The molecule has 0 saturated heterocycles. The first-order chi connectivity index (χ1) is 11.4. The van der Waals surface area contributed by atoms with Crippen LogP contribution in [0.5, 0.6) is 0 Å². The molecular weight excluding hydrogens is 300 g/mol. The Balaban J connectivity index is 2.25. The summed E-state index contributed by atoms with van der Waals surface area (Å²) in [5.41, 5.74) is 0.0873. The van der Waals surface area contributed by atoms with Gasteiger partial charge in [-0.25, -0.2) is 0 Å². The third-order valence-corrected chi connectivity index (χ3v) is 6.30. The first kappa shape index (κ1) is 19.0. The van der Waals surface area contributed by atoms with E-state index in [1.165, 1.54) is 0 Å². The fourth-order valence-electron chi connectivity index (χ4n) is 4.90. The number of fused-ring (bicyclic) bond motifs is 2. The molecule has 0 radical (unpaired) electrons. The minimum absolute atomic E-state index is 0.0592. The van der Waals surface area contributed by atoms with E-state index in [1.807, 2.05) is 25.7 Å². The van der Waals surface area contributed by atoms with E-state index >= 15 is 0 Å². The van der Waals surface area contributed by atoms with Gasteiger partial charge in [-0.15, -0.1) is 0 Å². The zero-order valence-electron chi connectivity index (χ0n) is 16.0. The quantitative estimate of drug-likeness (QED) is 0.693. The molecule has 0 aromatic carbocycles. The van der Waals surface area contributed by atoms with Crippen molar-refractivity contribution in [3.05, 3.63) is 12.2 Å². The molecular formula is C20H34N2O2. The summed E-state index contributed by atoms with van der Waals surface area (Å²) in [4.78, 5) is 27.3. The van der Waals surface area contributed by atoms with Gasteiger partial charge in [0.25, 0.3) is 0 Å². The predicted octanol–water partition coefficient (Wildman–Crippen LogP) is 3.24. The van der Waals surface area contributed by atoms with Crippen LogP contribution in [-0.4, -0.2) is 36.3 Å². The van der Waals surface area contributed by atoms with Crippen LogP contribution in [0.25, 0.3) is 0 Å². The fourth-order valence-corrected chi connectivity index (χ4v) is 4.90. The van der Waals surface area contributed by atoms with Crippen LogP contribution >= 0.6 is 0 Å². The van der Waals surface area contributed by atoms with Crippen molar-refractivity contribution < 1.29 is 9.59 Å². The van der Waals surface area contributed by atoms with Crippen LogP contribution in [0, 0.1) is 29.1 Å².